The molecule has 92 valence electrons. The summed E-state index contributed by atoms with van der Waals surface area (Å²) in [7, 11) is 3.16. The van der Waals surface area contributed by atoms with Gasteiger partial charge in [0.15, 0.2) is 17.3 Å². The van der Waals surface area contributed by atoms with Gasteiger partial charge in [-0.3, -0.25) is 4.79 Å². The quantitative estimate of drug-likeness (QED) is 0.799. The highest BCUT2D eigenvalue weighted by Crippen LogP contribution is 2.34. The zero-order valence-electron chi connectivity index (χ0n) is 10.3. The zero-order chi connectivity index (χ0) is 13.0. The maximum atomic E-state index is 11.2. The first kappa shape index (κ1) is 13.8. The molecule has 0 aromatic heterocycles. The van der Waals surface area contributed by atoms with Crippen molar-refractivity contribution in [3.8, 4) is 11.5 Å². The van der Waals surface area contributed by atoms with Crippen LogP contribution in [0, 0.1) is 0 Å². The number of methoxy groups -OCH3 is 2. The molecular weight excluding hydrogens is 284 g/mol. The van der Waals surface area contributed by atoms with Crippen molar-refractivity contribution in [1.82, 2.24) is 0 Å². The van der Waals surface area contributed by atoms with Gasteiger partial charge in [0.2, 0.25) is 0 Å². The number of benzene rings is 1. The number of halogens is 1. The van der Waals surface area contributed by atoms with Crippen LogP contribution < -0.4 is 9.47 Å². The van der Waals surface area contributed by atoms with Crippen molar-refractivity contribution in [3.63, 3.8) is 0 Å². The summed E-state index contributed by atoms with van der Waals surface area (Å²) in [6, 6.07) is 3.65. The van der Waals surface area contributed by atoms with E-state index in [1.165, 1.54) is 0 Å². The lowest BCUT2D eigenvalue weighted by Gasteiger charge is -2.10. The van der Waals surface area contributed by atoms with Gasteiger partial charge in [-0.2, -0.15) is 0 Å². The maximum absolute atomic E-state index is 11.2. The molecule has 0 fully saturated rings. The van der Waals surface area contributed by atoms with Crippen LogP contribution in [0.5, 0.6) is 11.5 Å². The molecule has 0 aliphatic rings. The van der Waals surface area contributed by atoms with E-state index >= 15 is 0 Å². The van der Waals surface area contributed by atoms with Gasteiger partial charge in [0.1, 0.15) is 0 Å². The summed E-state index contributed by atoms with van der Waals surface area (Å²) >= 11 is 3.44. The third-order valence-electron chi connectivity index (χ3n) is 2.43. The van der Waals surface area contributed by atoms with Gasteiger partial charge < -0.3 is 9.47 Å². The second-order valence-electron chi connectivity index (χ2n) is 3.61. The second-order valence-corrected chi connectivity index (χ2v) is 4.47. The van der Waals surface area contributed by atoms with Crippen LogP contribution in [-0.4, -0.2) is 20.0 Å². The first-order valence-electron chi connectivity index (χ1n) is 5.10. The fourth-order valence-electron chi connectivity index (χ4n) is 1.32. The number of allylic oxidation sites excluding steroid dienone is 1. The summed E-state index contributed by atoms with van der Waals surface area (Å²) in [5, 5.41) is 0. The van der Waals surface area contributed by atoms with Crippen LogP contribution in [-0.2, 0) is 4.79 Å². The van der Waals surface area contributed by atoms with Gasteiger partial charge in [-0.05, 0) is 43.2 Å². The molecule has 0 unspecified atom stereocenters. The lowest BCUT2D eigenvalue weighted by molar-refractivity contribution is -0.113. The number of Topliss-reactive ketones (excluding diaryl/α,β-unsaturated/α-hetero) is 1. The van der Waals surface area contributed by atoms with Gasteiger partial charge >= 0.3 is 0 Å². The van der Waals surface area contributed by atoms with E-state index in [-0.39, 0.29) is 5.78 Å². The van der Waals surface area contributed by atoms with E-state index in [1.54, 1.807) is 28.1 Å². The van der Waals surface area contributed by atoms with Crippen LogP contribution in [0.4, 0.5) is 0 Å². The molecule has 1 aromatic carbocycles. The number of rotatable bonds is 4. The molecule has 17 heavy (non-hydrogen) atoms. The molecule has 0 amide bonds. The molecule has 0 saturated carbocycles. The fourth-order valence-corrected chi connectivity index (χ4v) is 1.75. The highest BCUT2D eigenvalue weighted by Gasteiger charge is 2.08. The van der Waals surface area contributed by atoms with Crippen LogP contribution in [0.15, 0.2) is 22.2 Å². The van der Waals surface area contributed by atoms with E-state index in [0.717, 1.165) is 10.0 Å². The van der Waals surface area contributed by atoms with Crippen molar-refractivity contribution >= 4 is 27.8 Å². The normalized spacial score (nSPS) is 11.2. The number of ether oxygens (including phenoxy) is 2. The number of carbonyl (C=O) groups is 1. The third-order valence-corrected chi connectivity index (χ3v) is 3.12. The molecule has 0 heterocycles. The van der Waals surface area contributed by atoms with Crippen LogP contribution >= 0.6 is 15.9 Å². The molecule has 0 aliphatic heterocycles. The molecular formula is C13H15BrO3. The second kappa shape index (κ2) is 5.87. The Morgan fingerprint density at radius 3 is 2.18 bits per heavy atom. The average Bonchev–Trinajstić information content (AvgIpc) is 2.30. The average molecular weight is 299 g/mol. The van der Waals surface area contributed by atoms with Gasteiger partial charge in [0.25, 0.3) is 0 Å². The first-order valence-corrected chi connectivity index (χ1v) is 5.89. The number of hydrogen-bond donors (Lipinski definition) is 0. The smallest absolute Gasteiger partial charge is 0.161 e. The van der Waals surface area contributed by atoms with Crippen molar-refractivity contribution in [2.24, 2.45) is 0 Å². The molecule has 4 heteroatoms. The van der Waals surface area contributed by atoms with Crippen LogP contribution in [0.3, 0.4) is 0 Å². The summed E-state index contributed by atoms with van der Waals surface area (Å²) in [5.41, 5.74) is 1.58. The minimum atomic E-state index is 0.0479. The third kappa shape index (κ3) is 3.33. The molecule has 0 radical (unpaired) electrons. The van der Waals surface area contributed by atoms with Crippen molar-refractivity contribution in [2.75, 3.05) is 14.2 Å². The Balaban J connectivity index is 3.26. The van der Waals surface area contributed by atoms with Gasteiger partial charge in [-0.25, -0.2) is 0 Å². The van der Waals surface area contributed by atoms with Crippen molar-refractivity contribution < 1.29 is 14.3 Å². The summed E-state index contributed by atoms with van der Waals surface area (Å²) in [4.78, 5) is 11.2. The SMILES string of the molecule is COc1cc(Br)c(/C=C(/C)C(C)=O)cc1OC. The van der Waals surface area contributed by atoms with Crippen LogP contribution in [0.25, 0.3) is 6.08 Å². The van der Waals surface area contributed by atoms with Gasteiger partial charge in [0, 0.05) is 4.47 Å². The molecule has 0 bridgehead atoms. The molecule has 0 spiro atoms. The Kier molecular flexibility index (Phi) is 4.75. The lowest BCUT2D eigenvalue weighted by atomic mass is 10.1. The number of carbonyl (C=O) groups excluding carboxylic acids is 1. The fraction of sp³-hybridized carbons (Fsp3) is 0.308. The molecule has 0 N–H and O–H groups in total. The van der Waals surface area contributed by atoms with Gasteiger partial charge in [0.05, 0.1) is 14.2 Å². The Hall–Kier alpha value is -1.29. The lowest BCUT2D eigenvalue weighted by Crippen LogP contribution is -1.94. The molecule has 0 atom stereocenters. The molecule has 0 aliphatic carbocycles. The van der Waals surface area contributed by atoms with Crippen molar-refractivity contribution in [3.05, 3.63) is 27.7 Å². The summed E-state index contributed by atoms with van der Waals surface area (Å²) < 4.78 is 11.3. The molecule has 3 nitrogen and oxygen atoms in total. The number of hydrogen-bond acceptors (Lipinski definition) is 3. The Morgan fingerprint density at radius 1 is 1.18 bits per heavy atom. The zero-order valence-corrected chi connectivity index (χ0v) is 11.9. The summed E-state index contributed by atoms with van der Waals surface area (Å²) in [6.07, 6.45) is 1.81. The van der Waals surface area contributed by atoms with E-state index in [0.29, 0.717) is 17.1 Å². The highest BCUT2D eigenvalue weighted by atomic mass is 79.9. The van der Waals surface area contributed by atoms with Gasteiger partial charge in [-0.15, -0.1) is 0 Å². The first-order chi connectivity index (χ1) is 7.99. The standard InChI is InChI=1S/C13H15BrO3/c1-8(9(2)15)5-10-6-12(16-3)13(17-4)7-11(10)14/h5-7H,1-4H3/b8-5-. The Labute approximate surface area is 110 Å². The number of ketones is 1. The Bertz CT molecular complexity index is 464. The predicted molar refractivity (Wildman–Crippen MR) is 71.6 cm³/mol. The Morgan fingerprint density at radius 2 is 1.71 bits per heavy atom. The molecule has 1 aromatic rings. The maximum Gasteiger partial charge on any atom is 0.161 e. The van der Waals surface area contributed by atoms with Crippen LogP contribution in [0.1, 0.15) is 19.4 Å². The monoisotopic (exact) mass is 298 g/mol. The molecule has 0 saturated heterocycles. The van der Waals surface area contributed by atoms with Gasteiger partial charge in [-0.1, -0.05) is 15.9 Å². The minimum absolute atomic E-state index is 0.0479. The van der Waals surface area contributed by atoms with E-state index < -0.39 is 0 Å². The molecule has 1 rings (SSSR count). The van der Waals surface area contributed by atoms with Crippen LogP contribution in [0.2, 0.25) is 0 Å². The van der Waals surface area contributed by atoms with E-state index in [9.17, 15) is 4.79 Å². The predicted octanol–water partition coefficient (Wildman–Crippen LogP) is 3.46. The largest absolute Gasteiger partial charge is 0.493 e. The summed E-state index contributed by atoms with van der Waals surface area (Å²) in [5.74, 6) is 1.34. The summed E-state index contributed by atoms with van der Waals surface area (Å²) in [6.45, 7) is 3.33. The van der Waals surface area contributed by atoms with E-state index in [4.69, 9.17) is 9.47 Å². The van der Waals surface area contributed by atoms with Crippen molar-refractivity contribution in [1.29, 1.82) is 0 Å². The van der Waals surface area contributed by atoms with Crippen molar-refractivity contribution in [2.45, 2.75) is 13.8 Å². The topological polar surface area (TPSA) is 35.5 Å². The highest BCUT2D eigenvalue weighted by molar-refractivity contribution is 9.10. The van der Waals surface area contributed by atoms with E-state index in [2.05, 4.69) is 15.9 Å². The van der Waals surface area contributed by atoms with E-state index in [1.807, 2.05) is 18.2 Å². The minimum Gasteiger partial charge on any atom is -0.493 e.